The molecule has 1 aliphatic rings. The third-order valence-electron chi connectivity index (χ3n) is 5.15. The number of hydrogen-bond acceptors (Lipinski definition) is 2. The summed E-state index contributed by atoms with van der Waals surface area (Å²) in [6.07, 6.45) is 6.66. The molecule has 0 atom stereocenters. The van der Waals surface area contributed by atoms with Gasteiger partial charge in [0.15, 0.2) is 0 Å². The molecule has 0 bridgehead atoms. The van der Waals surface area contributed by atoms with E-state index in [4.69, 9.17) is 4.74 Å². The monoisotopic (exact) mass is 304 g/mol. The van der Waals surface area contributed by atoms with Gasteiger partial charge in [0.1, 0.15) is 13.2 Å². The van der Waals surface area contributed by atoms with Crippen LogP contribution in [0.1, 0.15) is 53.6 Å². The third kappa shape index (κ3) is 4.10. The Labute approximate surface area is 134 Å². The number of ether oxygens (including phenoxy) is 1. The van der Waals surface area contributed by atoms with E-state index in [-0.39, 0.29) is 5.97 Å². The molecule has 0 saturated heterocycles. The fourth-order valence-corrected chi connectivity index (χ4v) is 3.54. The molecule has 3 nitrogen and oxygen atoms in total. The molecule has 0 heterocycles. The zero-order valence-electron chi connectivity index (χ0n) is 14.5. The van der Waals surface area contributed by atoms with Crippen LogP contribution >= 0.6 is 0 Å². The minimum absolute atomic E-state index is 0.181. The van der Waals surface area contributed by atoms with Crippen molar-refractivity contribution in [2.75, 3.05) is 27.2 Å². The van der Waals surface area contributed by atoms with Crippen molar-refractivity contribution in [1.29, 1.82) is 0 Å². The van der Waals surface area contributed by atoms with Crippen LogP contribution in [0.4, 0.5) is 0 Å². The topological polar surface area (TPSA) is 26.3 Å². The second-order valence-corrected chi connectivity index (χ2v) is 7.20. The van der Waals surface area contributed by atoms with Gasteiger partial charge in [-0.3, -0.25) is 0 Å². The first kappa shape index (κ1) is 17.0. The van der Waals surface area contributed by atoms with E-state index < -0.39 is 0 Å². The lowest BCUT2D eigenvalue weighted by atomic mass is 9.93. The van der Waals surface area contributed by atoms with Gasteiger partial charge in [0.25, 0.3) is 0 Å². The predicted octanol–water partition coefficient (Wildman–Crippen LogP) is 3.87. The summed E-state index contributed by atoms with van der Waals surface area (Å²) in [7, 11) is 4.53. The molecule has 0 aliphatic heterocycles. The maximum atomic E-state index is 12.3. The van der Waals surface area contributed by atoms with Crippen LogP contribution in [-0.4, -0.2) is 43.7 Å². The molecule has 1 fully saturated rings. The zero-order chi connectivity index (χ0) is 16.2. The molecule has 0 amide bonds. The van der Waals surface area contributed by atoms with E-state index in [1.54, 1.807) is 0 Å². The predicted molar refractivity (Wildman–Crippen MR) is 90.0 cm³/mol. The lowest BCUT2D eigenvalue weighted by Crippen LogP contribution is -2.51. The number of aryl methyl sites for hydroxylation is 2. The maximum Gasteiger partial charge on any atom is 0.338 e. The molecule has 22 heavy (non-hydrogen) atoms. The van der Waals surface area contributed by atoms with Crippen molar-refractivity contribution in [2.45, 2.75) is 52.0 Å². The Morgan fingerprint density at radius 2 is 1.73 bits per heavy atom. The number of likely N-dealkylation sites (N-methyl/N-ethyl adjacent to an activating group) is 1. The summed E-state index contributed by atoms with van der Waals surface area (Å²) in [5.41, 5.74) is 2.71. The lowest BCUT2D eigenvalue weighted by molar-refractivity contribution is -0.916. The van der Waals surface area contributed by atoms with E-state index in [1.807, 2.05) is 32.0 Å². The van der Waals surface area contributed by atoms with Crippen molar-refractivity contribution in [3.63, 3.8) is 0 Å². The molecule has 1 aromatic carbocycles. The minimum atomic E-state index is -0.181. The summed E-state index contributed by atoms with van der Waals surface area (Å²) in [6.45, 7) is 5.31. The first-order valence-electron chi connectivity index (χ1n) is 8.48. The fourth-order valence-electron chi connectivity index (χ4n) is 3.54. The molecule has 1 aromatic rings. The standard InChI is InChI=1S/C19H30NO2/c1-15-9-8-10-16(2)18(15)19(21)22-14-13-20(3,4)17-11-6-5-7-12-17/h8-10,17H,5-7,11-14H2,1-4H3/q+1. The number of benzene rings is 1. The summed E-state index contributed by atoms with van der Waals surface area (Å²) in [5, 5.41) is 0. The second kappa shape index (κ2) is 7.28. The Hall–Kier alpha value is -1.35. The third-order valence-corrected chi connectivity index (χ3v) is 5.15. The SMILES string of the molecule is Cc1cccc(C)c1C(=O)OCC[N+](C)(C)C1CCCCC1. The summed E-state index contributed by atoms with van der Waals surface area (Å²) < 4.78 is 6.52. The molecule has 0 unspecified atom stereocenters. The van der Waals surface area contributed by atoms with Crippen LogP contribution in [0.15, 0.2) is 18.2 Å². The van der Waals surface area contributed by atoms with Crippen molar-refractivity contribution in [3.05, 3.63) is 34.9 Å². The molecule has 3 heteroatoms. The van der Waals surface area contributed by atoms with Crippen LogP contribution in [0.5, 0.6) is 0 Å². The van der Waals surface area contributed by atoms with Gasteiger partial charge in [-0.15, -0.1) is 0 Å². The zero-order valence-corrected chi connectivity index (χ0v) is 14.5. The molecular formula is C19H30NO2+. The van der Waals surface area contributed by atoms with Crippen LogP contribution in [0.3, 0.4) is 0 Å². The van der Waals surface area contributed by atoms with E-state index in [1.165, 1.54) is 32.1 Å². The first-order valence-corrected chi connectivity index (χ1v) is 8.48. The van der Waals surface area contributed by atoms with Crippen LogP contribution in [-0.2, 0) is 4.74 Å². The van der Waals surface area contributed by atoms with Crippen LogP contribution in [0.25, 0.3) is 0 Å². The quantitative estimate of drug-likeness (QED) is 0.610. The van der Waals surface area contributed by atoms with Crippen molar-refractivity contribution < 1.29 is 14.0 Å². The minimum Gasteiger partial charge on any atom is -0.456 e. The lowest BCUT2D eigenvalue weighted by Gasteiger charge is -2.40. The largest absolute Gasteiger partial charge is 0.456 e. The molecule has 2 rings (SSSR count). The van der Waals surface area contributed by atoms with Crippen LogP contribution < -0.4 is 0 Å². The summed E-state index contributed by atoms with van der Waals surface area (Å²) in [4.78, 5) is 12.3. The Balaban J connectivity index is 1.88. The van der Waals surface area contributed by atoms with Gasteiger partial charge in [-0.1, -0.05) is 24.6 Å². The summed E-state index contributed by atoms with van der Waals surface area (Å²) in [5.74, 6) is -0.181. The number of nitrogens with zero attached hydrogens (tertiary/aromatic N) is 1. The van der Waals surface area contributed by atoms with Gasteiger partial charge in [0.2, 0.25) is 0 Å². The average Bonchev–Trinajstić information content (AvgIpc) is 2.48. The van der Waals surface area contributed by atoms with Crippen molar-refractivity contribution >= 4 is 5.97 Å². The van der Waals surface area contributed by atoms with E-state index in [0.717, 1.165) is 27.7 Å². The number of quaternary nitrogens is 1. The highest BCUT2D eigenvalue weighted by molar-refractivity contribution is 5.92. The highest BCUT2D eigenvalue weighted by Crippen LogP contribution is 2.25. The van der Waals surface area contributed by atoms with Crippen molar-refractivity contribution in [1.82, 2.24) is 0 Å². The van der Waals surface area contributed by atoms with Gasteiger partial charge in [0, 0.05) is 0 Å². The maximum absolute atomic E-state index is 12.3. The smallest absolute Gasteiger partial charge is 0.338 e. The van der Waals surface area contributed by atoms with Gasteiger partial charge in [-0.2, -0.15) is 0 Å². The Morgan fingerprint density at radius 3 is 2.32 bits per heavy atom. The molecule has 0 aromatic heterocycles. The fraction of sp³-hybridized carbons (Fsp3) is 0.632. The van der Waals surface area contributed by atoms with Crippen molar-refractivity contribution in [2.24, 2.45) is 0 Å². The van der Waals surface area contributed by atoms with E-state index >= 15 is 0 Å². The van der Waals surface area contributed by atoms with E-state index in [9.17, 15) is 4.79 Å². The Bertz CT molecular complexity index is 496. The number of esters is 1. The second-order valence-electron chi connectivity index (χ2n) is 7.20. The van der Waals surface area contributed by atoms with Gasteiger partial charge >= 0.3 is 5.97 Å². The number of hydrogen-bond donors (Lipinski definition) is 0. The van der Waals surface area contributed by atoms with Gasteiger partial charge in [0.05, 0.1) is 25.7 Å². The molecule has 1 aliphatic carbocycles. The van der Waals surface area contributed by atoms with Gasteiger partial charge < -0.3 is 9.22 Å². The highest BCUT2D eigenvalue weighted by atomic mass is 16.5. The average molecular weight is 304 g/mol. The number of carbonyl (C=O) groups is 1. The van der Waals surface area contributed by atoms with Gasteiger partial charge in [-0.05, 0) is 50.7 Å². The molecule has 0 spiro atoms. The Kier molecular flexibility index (Phi) is 5.63. The van der Waals surface area contributed by atoms with Crippen LogP contribution in [0.2, 0.25) is 0 Å². The molecule has 0 N–H and O–H groups in total. The molecule has 1 saturated carbocycles. The molecular weight excluding hydrogens is 274 g/mol. The Morgan fingerprint density at radius 1 is 1.14 bits per heavy atom. The number of carbonyl (C=O) groups excluding carboxylic acids is 1. The summed E-state index contributed by atoms with van der Waals surface area (Å²) >= 11 is 0. The summed E-state index contributed by atoms with van der Waals surface area (Å²) in [6, 6.07) is 6.62. The van der Waals surface area contributed by atoms with E-state index in [0.29, 0.717) is 12.6 Å². The molecule has 0 radical (unpaired) electrons. The highest BCUT2D eigenvalue weighted by Gasteiger charge is 2.29. The van der Waals surface area contributed by atoms with Gasteiger partial charge in [-0.25, -0.2) is 4.79 Å². The van der Waals surface area contributed by atoms with Crippen molar-refractivity contribution in [3.8, 4) is 0 Å². The normalized spacial score (nSPS) is 16.5. The molecule has 122 valence electrons. The van der Waals surface area contributed by atoms with E-state index in [2.05, 4.69) is 14.1 Å². The number of rotatable bonds is 5. The van der Waals surface area contributed by atoms with Crippen LogP contribution in [0, 0.1) is 13.8 Å². The first-order chi connectivity index (χ1) is 10.4.